The lowest BCUT2D eigenvalue weighted by molar-refractivity contribution is -0.119. The summed E-state index contributed by atoms with van der Waals surface area (Å²) in [6.45, 7) is 2.13. The highest BCUT2D eigenvalue weighted by molar-refractivity contribution is 8.16. The van der Waals surface area contributed by atoms with E-state index >= 15 is 0 Å². The molecule has 0 bridgehead atoms. The number of thioether (sulfide) groups is 1. The first-order valence-corrected chi connectivity index (χ1v) is 6.77. The van der Waals surface area contributed by atoms with E-state index < -0.39 is 35.0 Å². The van der Waals surface area contributed by atoms with Crippen LogP contribution in [0.5, 0.6) is 0 Å². The summed E-state index contributed by atoms with van der Waals surface area (Å²) in [4.78, 5) is 15.2. The Morgan fingerprint density at radius 2 is 2.00 bits per heavy atom. The number of hydrogen-bond donors (Lipinski definition) is 1. The monoisotopic (exact) mass is 302 g/mol. The van der Waals surface area contributed by atoms with Crippen LogP contribution >= 0.6 is 11.8 Å². The molecule has 0 aromatic heterocycles. The van der Waals surface area contributed by atoms with Gasteiger partial charge in [-0.25, -0.2) is 13.2 Å². The Hall–Kier alpha value is -1.50. The Balaban J connectivity index is 2.16. The summed E-state index contributed by atoms with van der Waals surface area (Å²) in [5.74, 6) is -1.96. The van der Waals surface area contributed by atoms with Crippen LogP contribution in [0, 0.1) is 11.6 Å². The summed E-state index contributed by atoms with van der Waals surface area (Å²) >= 11 is 0.925. The molecule has 0 fully saturated rings. The molecule has 0 saturated heterocycles. The summed E-state index contributed by atoms with van der Waals surface area (Å²) in [6, 6.07) is 2.85. The molecule has 20 heavy (non-hydrogen) atoms. The molecule has 7 heteroatoms. The average Bonchev–Trinajstić information content (AvgIpc) is 2.65. The quantitative estimate of drug-likeness (QED) is 0.933. The predicted octanol–water partition coefficient (Wildman–Crippen LogP) is 2.97. The number of nitrogens with one attached hydrogen (secondary N) is 1. The molecule has 2 atom stereocenters. The summed E-state index contributed by atoms with van der Waals surface area (Å²) in [5, 5.41) is 2.91. The van der Waals surface area contributed by atoms with Crippen LogP contribution < -0.4 is 5.32 Å². The minimum Gasteiger partial charge on any atom is -0.358 e. The maximum atomic E-state index is 13.6. The molecule has 3 nitrogen and oxygen atoms in total. The fraction of sp³-hybridized carbons (Fsp3) is 0.385. The summed E-state index contributed by atoms with van der Waals surface area (Å²) in [6.07, 6.45) is 0. The second kappa shape index (κ2) is 5.47. The molecule has 1 aliphatic rings. The Morgan fingerprint density at radius 1 is 1.40 bits per heavy atom. The first kappa shape index (κ1) is 14.9. The van der Waals surface area contributed by atoms with Crippen LogP contribution in [0.1, 0.15) is 25.5 Å². The van der Waals surface area contributed by atoms with Gasteiger partial charge in [0, 0.05) is 5.56 Å². The smallest absolute Gasteiger partial charge is 0.267 e. The van der Waals surface area contributed by atoms with Gasteiger partial charge in [-0.3, -0.25) is 4.79 Å². The average molecular weight is 302 g/mol. The van der Waals surface area contributed by atoms with Crippen molar-refractivity contribution >= 4 is 22.8 Å². The third-order valence-electron chi connectivity index (χ3n) is 3.01. The number of hydrogen-bond acceptors (Lipinski definition) is 3. The lowest BCUT2D eigenvalue weighted by Crippen LogP contribution is -2.31. The SMILES string of the molecule is C[C@H](NC1=NC(=O)C(C)(CF)S1)c1c(F)cccc1F. The van der Waals surface area contributed by atoms with Crippen LogP contribution in [0.2, 0.25) is 0 Å². The number of carbonyl (C=O) groups excluding carboxylic acids is 1. The minimum atomic E-state index is -1.25. The fourth-order valence-corrected chi connectivity index (χ4v) is 2.80. The van der Waals surface area contributed by atoms with Crippen molar-refractivity contribution in [2.75, 3.05) is 6.67 Å². The Labute approximate surface area is 118 Å². The summed E-state index contributed by atoms with van der Waals surface area (Å²) in [5.41, 5.74) is -0.142. The Kier molecular flexibility index (Phi) is 4.08. The van der Waals surface area contributed by atoms with E-state index in [1.807, 2.05) is 0 Å². The van der Waals surface area contributed by atoms with Gasteiger partial charge in [0.05, 0.1) is 6.04 Å². The van der Waals surface area contributed by atoms with Crippen LogP contribution in [-0.4, -0.2) is 22.5 Å². The number of amides is 1. The molecular weight excluding hydrogens is 289 g/mol. The van der Waals surface area contributed by atoms with Crippen LogP contribution in [0.25, 0.3) is 0 Å². The third kappa shape index (κ3) is 2.67. The molecule has 1 aromatic carbocycles. The molecule has 0 aliphatic carbocycles. The van der Waals surface area contributed by atoms with Gasteiger partial charge >= 0.3 is 0 Å². The van der Waals surface area contributed by atoms with E-state index in [4.69, 9.17) is 0 Å². The van der Waals surface area contributed by atoms with Crippen LogP contribution in [0.3, 0.4) is 0 Å². The first-order valence-electron chi connectivity index (χ1n) is 5.96. The lowest BCUT2D eigenvalue weighted by Gasteiger charge is -2.18. The van der Waals surface area contributed by atoms with Gasteiger partial charge in [0.2, 0.25) is 0 Å². The highest BCUT2D eigenvalue weighted by Gasteiger charge is 2.41. The van der Waals surface area contributed by atoms with Crippen molar-refractivity contribution in [1.29, 1.82) is 0 Å². The zero-order chi connectivity index (χ0) is 14.9. The fourth-order valence-electron chi connectivity index (χ4n) is 1.82. The van der Waals surface area contributed by atoms with Crippen LogP contribution in [0.4, 0.5) is 13.2 Å². The van der Waals surface area contributed by atoms with Gasteiger partial charge in [-0.15, -0.1) is 0 Å². The van der Waals surface area contributed by atoms with Crippen molar-refractivity contribution < 1.29 is 18.0 Å². The molecular formula is C13H13F3N2OS. The van der Waals surface area contributed by atoms with Crippen LogP contribution in [0.15, 0.2) is 23.2 Å². The van der Waals surface area contributed by atoms with Crippen molar-refractivity contribution in [2.45, 2.75) is 24.6 Å². The van der Waals surface area contributed by atoms with Crippen molar-refractivity contribution in [1.82, 2.24) is 5.32 Å². The lowest BCUT2D eigenvalue weighted by atomic mass is 10.1. The topological polar surface area (TPSA) is 41.5 Å². The molecule has 1 amide bonds. The summed E-state index contributed by atoms with van der Waals surface area (Å²) in [7, 11) is 0. The highest BCUT2D eigenvalue weighted by atomic mass is 32.2. The van der Waals surface area contributed by atoms with Gasteiger partial charge in [0.1, 0.15) is 23.1 Å². The maximum absolute atomic E-state index is 13.6. The van der Waals surface area contributed by atoms with E-state index in [0.29, 0.717) is 0 Å². The van der Waals surface area contributed by atoms with Crippen LogP contribution in [-0.2, 0) is 4.79 Å². The first-order chi connectivity index (χ1) is 9.37. The normalized spacial score (nSPS) is 23.6. The van der Waals surface area contributed by atoms with Gasteiger partial charge < -0.3 is 5.32 Å². The number of benzene rings is 1. The number of halogens is 3. The van der Waals surface area contributed by atoms with Gasteiger partial charge in [-0.2, -0.15) is 4.99 Å². The Morgan fingerprint density at radius 3 is 2.50 bits per heavy atom. The van der Waals surface area contributed by atoms with Crippen molar-refractivity contribution in [3.8, 4) is 0 Å². The second-order valence-electron chi connectivity index (χ2n) is 4.69. The molecule has 1 aliphatic heterocycles. The number of nitrogens with zero attached hydrogens (tertiary/aromatic N) is 1. The van der Waals surface area contributed by atoms with E-state index in [1.54, 1.807) is 6.92 Å². The highest BCUT2D eigenvalue weighted by Crippen LogP contribution is 2.34. The molecule has 2 rings (SSSR count). The van der Waals surface area contributed by atoms with Crippen molar-refractivity contribution in [3.05, 3.63) is 35.4 Å². The molecule has 1 unspecified atom stereocenters. The third-order valence-corrected chi connectivity index (χ3v) is 4.14. The number of aliphatic imine (C=N–C) groups is 1. The molecule has 1 heterocycles. The van der Waals surface area contributed by atoms with Gasteiger partial charge in [-0.05, 0) is 26.0 Å². The molecule has 1 aromatic rings. The number of rotatable bonds is 3. The molecule has 0 saturated carbocycles. The number of carbonyl (C=O) groups is 1. The maximum Gasteiger partial charge on any atom is 0.267 e. The molecule has 0 spiro atoms. The number of alkyl halides is 1. The zero-order valence-electron chi connectivity index (χ0n) is 10.9. The minimum absolute atomic E-state index is 0.142. The number of amidine groups is 1. The van der Waals surface area contributed by atoms with E-state index in [1.165, 1.54) is 13.0 Å². The van der Waals surface area contributed by atoms with Gasteiger partial charge in [-0.1, -0.05) is 17.8 Å². The van der Waals surface area contributed by atoms with E-state index in [0.717, 1.165) is 23.9 Å². The van der Waals surface area contributed by atoms with E-state index in [-0.39, 0.29) is 10.7 Å². The molecule has 108 valence electrons. The van der Waals surface area contributed by atoms with Crippen molar-refractivity contribution in [2.24, 2.45) is 4.99 Å². The largest absolute Gasteiger partial charge is 0.358 e. The second-order valence-corrected chi connectivity index (χ2v) is 6.18. The molecule has 0 radical (unpaired) electrons. The van der Waals surface area contributed by atoms with E-state index in [2.05, 4.69) is 10.3 Å². The zero-order valence-corrected chi connectivity index (χ0v) is 11.7. The van der Waals surface area contributed by atoms with E-state index in [9.17, 15) is 18.0 Å². The summed E-state index contributed by atoms with van der Waals surface area (Å²) < 4.78 is 38.8. The Bertz CT molecular complexity index is 558. The standard InChI is InChI=1S/C13H13F3N2OS/c1-7(10-8(15)4-3-5-9(10)16)17-12-18-11(19)13(2,6-14)20-12/h3-5,7H,6H2,1-2H3,(H,17,18,19)/t7-,13?/m0/s1. The van der Waals surface area contributed by atoms with Gasteiger partial charge in [0.25, 0.3) is 5.91 Å². The predicted molar refractivity (Wildman–Crippen MR) is 72.3 cm³/mol. The van der Waals surface area contributed by atoms with Gasteiger partial charge in [0.15, 0.2) is 5.17 Å². The molecule has 1 N–H and O–H groups in total. The van der Waals surface area contributed by atoms with Crippen molar-refractivity contribution in [3.63, 3.8) is 0 Å².